The van der Waals surface area contributed by atoms with Gasteiger partial charge in [-0.05, 0) is 18.2 Å². The first-order valence-electron chi connectivity index (χ1n) is 5.77. The molecule has 2 heterocycles. The maximum Gasteiger partial charge on any atom is 0.301 e. The summed E-state index contributed by atoms with van der Waals surface area (Å²) in [6.07, 6.45) is 3.21. The molecule has 3 aromatic rings. The minimum absolute atomic E-state index is 0.222. The van der Waals surface area contributed by atoms with Crippen LogP contribution in [0.5, 0.6) is 0 Å². The fourth-order valence-electron chi connectivity index (χ4n) is 2.04. The maximum atomic E-state index is 11.5. The van der Waals surface area contributed by atoms with Crippen LogP contribution >= 0.6 is 0 Å². The van der Waals surface area contributed by atoms with E-state index in [2.05, 4.69) is 10.4 Å². The summed E-state index contributed by atoms with van der Waals surface area (Å²) in [5.74, 6) is 4.90. The fraction of sp³-hybridized carbons (Fsp3) is 0.0769. The number of carbonyl (C=O) groups is 1. The number of nitrogens with one attached hydrogen (secondary N) is 1. The Morgan fingerprint density at radius 3 is 3.05 bits per heavy atom. The lowest BCUT2D eigenvalue weighted by Crippen LogP contribution is -2.30. The van der Waals surface area contributed by atoms with Crippen molar-refractivity contribution >= 4 is 16.9 Å². The number of fused-ring (bicyclic) bond motifs is 1. The summed E-state index contributed by atoms with van der Waals surface area (Å²) in [7, 11) is 0. The second kappa shape index (κ2) is 4.58. The molecule has 0 fully saturated rings. The summed E-state index contributed by atoms with van der Waals surface area (Å²) >= 11 is 0. The molecule has 0 unspecified atom stereocenters. The van der Waals surface area contributed by atoms with E-state index in [0.29, 0.717) is 6.54 Å². The summed E-state index contributed by atoms with van der Waals surface area (Å²) in [5, 5.41) is 0. The van der Waals surface area contributed by atoms with Crippen LogP contribution in [0.1, 0.15) is 16.1 Å². The third kappa shape index (κ3) is 1.98. The summed E-state index contributed by atoms with van der Waals surface area (Å²) in [5.41, 5.74) is 4.74. The van der Waals surface area contributed by atoms with Gasteiger partial charge in [0.15, 0.2) is 5.76 Å². The lowest BCUT2D eigenvalue weighted by Gasteiger charge is -2.04. The number of carbonyl (C=O) groups excluding carboxylic acids is 1. The normalized spacial score (nSPS) is 10.8. The van der Waals surface area contributed by atoms with Crippen LogP contribution in [-0.2, 0) is 6.54 Å². The molecular formula is C13H12N4O2. The van der Waals surface area contributed by atoms with Crippen molar-refractivity contribution in [1.29, 1.82) is 0 Å². The van der Waals surface area contributed by atoms with Gasteiger partial charge in [-0.25, -0.2) is 10.8 Å². The van der Waals surface area contributed by atoms with Gasteiger partial charge < -0.3 is 8.98 Å². The average molecular weight is 256 g/mol. The highest BCUT2D eigenvalue weighted by molar-refractivity contribution is 5.92. The van der Waals surface area contributed by atoms with E-state index < -0.39 is 5.91 Å². The standard InChI is InChI=1S/C13H12N4O2/c14-16-13(18)12-9(5-6-19-12)7-17-8-15-10-3-1-2-4-11(10)17/h1-6,8H,7,14H2,(H,16,18). The number of nitrogens with two attached hydrogens (primary N) is 1. The highest BCUT2D eigenvalue weighted by Crippen LogP contribution is 2.17. The van der Waals surface area contributed by atoms with Gasteiger partial charge in [0.25, 0.3) is 0 Å². The maximum absolute atomic E-state index is 11.5. The Labute approximate surface area is 108 Å². The van der Waals surface area contributed by atoms with Gasteiger partial charge >= 0.3 is 5.91 Å². The molecule has 2 aromatic heterocycles. The Bertz CT molecular complexity index is 729. The third-order valence-electron chi connectivity index (χ3n) is 2.95. The summed E-state index contributed by atoms with van der Waals surface area (Å²) in [4.78, 5) is 15.8. The first-order chi connectivity index (χ1) is 9.29. The molecule has 0 saturated heterocycles. The molecule has 6 nitrogen and oxygen atoms in total. The van der Waals surface area contributed by atoms with E-state index >= 15 is 0 Å². The highest BCUT2D eigenvalue weighted by Gasteiger charge is 2.15. The molecule has 0 bridgehead atoms. The third-order valence-corrected chi connectivity index (χ3v) is 2.95. The molecule has 19 heavy (non-hydrogen) atoms. The number of nitrogens with zero attached hydrogens (tertiary/aromatic N) is 2. The molecule has 0 radical (unpaired) electrons. The Morgan fingerprint density at radius 1 is 1.37 bits per heavy atom. The number of hydrazine groups is 1. The van der Waals surface area contributed by atoms with Crippen molar-refractivity contribution in [3.8, 4) is 0 Å². The van der Waals surface area contributed by atoms with Gasteiger partial charge in [0.05, 0.1) is 30.2 Å². The van der Waals surface area contributed by atoms with Crippen LogP contribution in [-0.4, -0.2) is 15.5 Å². The van der Waals surface area contributed by atoms with Crippen LogP contribution < -0.4 is 11.3 Å². The number of amides is 1. The predicted molar refractivity (Wildman–Crippen MR) is 69.2 cm³/mol. The molecule has 0 aliphatic carbocycles. The summed E-state index contributed by atoms with van der Waals surface area (Å²) < 4.78 is 7.10. The van der Waals surface area contributed by atoms with Crippen molar-refractivity contribution in [3.63, 3.8) is 0 Å². The van der Waals surface area contributed by atoms with E-state index in [-0.39, 0.29) is 5.76 Å². The van der Waals surface area contributed by atoms with Gasteiger partial charge in [-0.15, -0.1) is 0 Å². The van der Waals surface area contributed by atoms with Crippen LogP contribution in [0.4, 0.5) is 0 Å². The number of aromatic nitrogens is 2. The zero-order chi connectivity index (χ0) is 13.2. The molecular weight excluding hydrogens is 244 g/mol. The monoisotopic (exact) mass is 256 g/mol. The van der Waals surface area contributed by atoms with Crippen LogP contribution in [0.3, 0.4) is 0 Å². The lowest BCUT2D eigenvalue weighted by molar-refractivity contribution is 0.0924. The van der Waals surface area contributed by atoms with E-state index in [1.165, 1.54) is 6.26 Å². The van der Waals surface area contributed by atoms with Crippen LogP contribution in [0, 0.1) is 0 Å². The van der Waals surface area contributed by atoms with E-state index in [1.807, 2.05) is 28.8 Å². The lowest BCUT2D eigenvalue weighted by atomic mass is 10.2. The number of benzene rings is 1. The molecule has 1 amide bonds. The SMILES string of the molecule is NNC(=O)c1occc1Cn1cnc2ccccc21. The van der Waals surface area contributed by atoms with Crippen molar-refractivity contribution in [3.05, 3.63) is 54.2 Å². The van der Waals surface area contributed by atoms with E-state index in [0.717, 1.165) is 16.6 Å². The first kappa shape index (κ1) is 11.5. The van der Waals surface area contributed by atoms with Crippen molar-refractivity contribution < 1.29 is 9.21 Å². The fourth-order valence-corrected chi connectivity index (χ4v) is 2.04. The second-order valence-corrected chi connectivity index (χ2v) is 4.11. The number of para-hydroxylation sites is 2. The minimum Gasteiger partial charge on any atom is -0.459 e. The van der Waals surface area contributed by atoms with Crippen molar-refractivity contribution in [2.45, 2.75) is 6.54 Å². The topological polar surface area (TPSA) is 86.1 Å². The molecule has 0 aliphatic heterocycles. The smallest absolute Gasteiger partial charge is 0.301 e. The zero-order valence-corrected chi connectivity index (χ0v) is 10.0. The molecule has 0 atom stereocenters. The van der Waals surface area contributed by atoms with Crippen molar-refractivity contribution in [2.24, 2.45) is 5.84 Å². The second-order valence-electron chi connectivity index (χ2n) is 4.11. The highest BCUT2D eigenvalue weighted by atomic mass is 16.3. The molecule has 3 rings (SSSR count). The van der Waals surface area contributed by atoms with E-state index in [4.69, 9.17) is 10.3 Å². The minimum atomic E-state index is -0.440. The van der Waals surface area contributed by atoms with Gasteiger partial charge in [0.1, 0.15) is 0 Å². The number of hydrogen-bond donors (Lipinski definition) is 2. The zero-order valence-electron chi connectivity index (χ0n) is 10.0. The van der Waals surface area contributed by atoms with Crippen molar-refractivity contribution in [2.75, 3.05) is 0 Å². The van der Waals surface area contributed by atoms with E-state index in [9.17, 15) is 4.79 Å². The van der Waals surface area contributed by atoms with Crippen LogP contribution in [0.25, 0.3) is 11.0 Å². The largest absolute Gasteiger partial charge is 0.459 e. The number of furan rings is 1. The van der Waals surface area contributed by atoms with Gasteiger partial charge in [0, 0.05) is 5.56 Å². The summed E-state index contributed by atoms with van der Waals surface area (Å²) in [6.45, 7) is 0.500. The Morgan fingerprint density at radius 2 is 2.21 bits per heavy atom. The molecule has 1 aromatic carbocycles. The number of hydrogen-bond acceptors (Lipinski definition) is 4. The number of rotatable bonds is 3. The average Bonchev–Trinajstić information content (AvgIpc) is 3.06. The van der Waals surface area contributed by atoms with Crippen LogP contribution in [0.15, 0.2) is 47.3 Å². The molecule has 0 aliphatic rings. The number of imidazole rings is 1. The molecule has 0 saturated carbocycles. The van der Waals surface area contributed by atoms with Gasteiger partial charge in [-0.1, -0.05) is 12.1 Å². The Kier molecular flexibility index (Phi) is 2.77. The van der Waals surface area contributed by atoms with Gasteiger partial charge in [-0.3, -0.25) is 10.2 Å². The van der Waals surface area contributed by atoms with Crippen molar-refractivity contribution in [1.82, 2.24) is 15.0 Å². The summed E-state index contributed by atoms with van der Waals surface area (Å²) in [6, 6.07) is 9.55. The molecule has 0 spiro atoms. The molecule has 96 valence electrons. The quantitative estimate of drug-likeness (QED) is 0.420. The van der Waals surface area contributed by atoms with Gasteiger partial charge in [0.2, 0.25) is 0 Å². The Hall–Kier alpha value is -2.60. The molecule has 3 N–H and O–H groups in total. The van der Waals surface area contributed by atoms with Gasteiger partial charge in [-0.2, -0.15) is 0 Å². The first-order valence-corrected chi connectivity index (χ1v) is 5.77. The number of nitrogen functional groups attached to an aromatic ring is 1. The van der Waals surface area contributed by atoms with E-state index in [1.54, 1.807) is 12.4 Å². The van der Waals surface area contributed by atoms with Crippen LogP contribution in [0.2, 0.25) is 0 Å². The predicted octanol–water partition coefficient (Wildman–Crippen LogP) is 1.28. The molecule has 6 heteroatoms. The Balaban J connectivity index is 1.98.